The van der Waals surface area contributed by atoms with E-state index in [-0.39, 0.29) is 18.4 Å². The fraction of sp³-hybridized carbons (Fsp3) is 0.318. The van der Waals surface area contributed by atoms with Crippen molar-refractivity contribution in [3.05, 3.63) is 59.7 Å². The normalized spacial score (nSPS) is 13.6. The lowest BCUT2D eigenvalue weighted by Gasteiger charge is -2.18. The molecule has 2 N–H and O–H groups in total. The molecule has 0 aromatic heterocycles. The average molecular weight is 396 g/mol. The summed E-state index contributed by atoms with van der Waals surface area (Å²) in [6.45, 7) is 1.69. The van der Waals surface area contributed by atoms with E-state index in [1.807, 2.05) is 30.3 Å². The molecule has 3 rings (SSSR count). The van der Waals surface area contributed by atoms with Crippen molar-refractivity contribution in [1.82, 2.24) is 5.32 Å². The Morgan fingerprint density at radius 3 is 2.72 bits per heavy atom. The molecule has 7 heteroatoms. The fourth-order valence-corrected chi connectivity index (χ4v) is 2.99. The van der Waals surface area contributed by atoms with Crippen LogP contribution in [0.2, 0.25) is 0 Å². The number of aryl methyl sites for hydroxylation is 1. The van der Waals surface area contributed by atoms with Crippen LogP contribution in [0.25, 0.3) is 0 Å². The Kier molecular flexibility index (Phi) is 6.84. The fourth-order valence-electron chi connectivity index (χ4n) is 2.99. The number of carbonyl (C=O) groups is 3. The topological polar surface area (TPSA) is 93.7 Å². The summed E-state index contributed by atoms with van der Waals surface area (Å²) in [6.07, 6.45) is 0.855. The largest absolute Gasteiger partial charge is 0.482 e. The van der Waals surface area contributed by atoms with Crippen molar-refractivity contribution in [2.75, 3.05) is 18.5 Å². The summed E-state index contributed by atoms with van der Waals surface area (Å²) in [5, 5.41) is 5.54. The predicted molar refractivity (Wildman–Crippen MR) is 108 cm³/mol. The molecule has 0 saturated carbocycles. The molecular formula is C22H24N2O5. The molecule has 0 saturated heterocycles. The number of benzene rings is 2. The molecule has 29 heavy (non-hydrogen) atoms. The first-order valence-electron chi connectivity index (χ1n) is 9.58. The Hall–Kier alpha value is -3.35. The van der Waals surface area contributed by atoms with Gasteiger partial charge in [-0.05, 0) is 49.1 Å². The lowest BCUT2D eigenvalue weighted by Crippen LogP contribution is -2.37. The van der Waals surface area contributed by atoms with Gasteiger partial charge in [0.25, 0.3) is 5.91 Å². The zero-order valence-corrected chi connectivity index (χ0v) is 16.3. The Bertz CT molecular complexity index is 882. The zero-order chi connectivity index (χ0) is 20.6. The molecule has 2 aromatic carbocycles. The number of fused-ring (bicyclic) bond motifs is 1. The van der Waals surface area contributed by atoms with Crippen LogP contribution in [0.4, 0.5) is 5.69 Å². The molecule has 1 aliphatic rings. The lowest BCUT2D eigenvalue weighted by atomic mass is 10.0. The minimum Gasteiger partial charge on any atom is -0.482 e. The highest BCUT2D eigenvalue weighted by molar-refractivity contribution is 5.94. The summed E-state index contributed by atoms with van der Waals surface area (Å²) in [5.41, 5.74) is 2.84. The molecule has 0 fully saturated rings. The number of anilines is 1. The molecular weight excluding hydrogens is 372 g/mol. The van der Waals surface area contributed by atoms with Crippen LogP contribution in [-0.2, 0) is 32.0 Å². The molecule has 2 amide bonds. The van der Waals surface area contributed by atoms with Crippen LogP contribution in [0, 0.1) is 0 Å². The van der Waals surface area contributed by atoms with Gasteiger partial charge in [0, 0.05) is 18.7 Å². The van der Waals surface area contributed by atoms with Gasteiger partial charge in [0.1, 0.15) is 5.75 Å². The van der Waals surface area contributed by atoms with Crippen LogP contribution in [0.1, 0.15) is 24.5 Å². The zero-order valence-electron chi connectivity index (χ0n) is 16.3. The van der Waals surface area contributed by atoms with Crippen molar-refractivity contribution in [3.63, 3.8) is 0 Å². The third-order valence-electron chi connectivity index (χ3n) is 4.56. The van der Waals surface area contributed by atoms with Gasteiger partial charge in [-0.3, -0.25) is 9.59 Å². The highest BCUT2D eigenvalue weighted by Crippen LogP contribution is 2.26. The third kappa shape index (κ3) is 6.07. The Morgan fingerprint density at radius 1 is 1.14 bits per heavy atom. The van der Waals surface area contributed by atoms with Crippen LogP contribution < -0.4 is 15.4 Å². The predicted octanol–water partition coefficient (Wildman–Crippen LogP) is 2.24. The van der Waals surface area contributed by atoms with Gasteiger partial charge in [-0.2, -0.15) is 0 Å². The summed E-state index contributed by atoms with van der Waals surface area (Å²) >= 11 is 0. The number of carbonyl (C=O) groups excluding carboxylic acids is 3. The second-order valence-electron chi connectivity index (χ2n) is 6.81. The van der Waals surface area contributed by atoms with Crippen molar-refractivity contribution in [2.24, 2.45) is 0 Å². The Morgan fingerprint density at radius 2 is 1.93 bits per heavy atom. The Balaban J connectivity index is 1.39. The molecule has 1 heterocycles. The standard InChI is InChI=1S/C22H24N2O5/c1-15(22(27)23-12-11-16-5-3-2-4-6-16)29-21(26)14-28-18-8-9-19-17(13-18)7-10-20(25)24-19/h2-6,8-9,13,15H,7,10-12,14H2,1H3,(H,23,27)(H,24,25). The molecule has 2 aromatic rings. The minimum absolute atomic E-state index is 0.00854. The van der Waals surface area contributed by atoms with Crippen LogP contribution >= 0.6 is 0 Å². The molecule has 1 unspecified atom stereocenters. The van der Waals surface area contributed by atoms with Crippen molar-refractivity contribution in [3.8, 4) is 5.75 Å². The summed E-state index contributed by atoms with van der Waals surface area (Å²) in [6, 6.07) is 15.0. The monoisotopic (exact) mass is 396 g/mol. The van der Waals surface area contributed by atoms with E-state index in [9.17, 15) is 14.4 Å². The molecule has 152 valence electrons. The van der Waals surface area contributed by atoms with Crippen molar-refractivity contribution in [2.45, 2.75) is 32.3 Å². The van der Waals surface area contributed by atoms with E-state index in [0.29, 0.717) is 31.6 Å². The molecule has 1 atom stereocenters. The van der Waals surface area contributed by atoms with Crippen LogP contribution in [0.5, 0.6) is 5.75 Å². The van der Waals surface area contributed by atoms with E-state index in [0.717, 1.165) is 16.8 Å². The van der Waals surface area contributed by atoms with Gasteiger partial charge in [0.15, 0.2) is 12.7 Å². The number of amides is 2. The smallest absolute Gasteiger partial charge is 0.344 e. The van der Waals surface area contributed by atoms with Crippen molar-refractivity contribution >= 4 is 23.5 Å². The maximum Gasteiger partial charge on any atom is 0.344 e. The summed E-state index contributed by atoms with van der Waals surface area (Å²) in [5.74, 6) is -0.469. The maximum atomic E-state index is 12.1. The minimum atomic E-state index is -0.902. The van der Waals surface area contributed by atoms with Crippen LogP contribution in [0.3, 0.4) is 0 Å². The van der Waals surface area contributed by atoms with Gasteiger partial charge in [-0.25, -0.2) is 4.79 Å². The third-order valence-corrected chi connectivity index (χ3v) is 4.56. The van der Waals surface area contributed by atoms with E-state index in [2.05, 4.69) is 10.6 Å². The van der Waals surface area contributed by atoms with Gasteiger partial charge in [0.2, 0.25) is 5.91 Å². The molecule has 0 radical (unpaired) electrons. The number of nitrogens with one attached hydrogen (secondary N) is 2. The van der Waals surface area contributed by atoms with Gasteiger partial charge in [-0.15, -0.1) is 0 Å². The van der Waals surface area contributed by atoms with Gasteiger partial charge in [-0.1, -0.05) is 30.3 Å². The second-order valence-corrected chi connectivity index (χ2v) is 6.81. The van der Waals surface area contributed by atoms with E-state index in [4.69, 9.17) is 9.47 Å². The SMILES string of the molecule is CC(OC(=O)COc1ccc2c(c1)CCC(=O)N2)C(=O)NCCc1ccccc1. The molecule has 0 aliphatic carbocycles. The summed E-state index contributed by atoms with van der Waals surface area (Å²) in [7, 11) is 0. The maximum absolute atomic E-state index is 12.1. The van der Waals surface area contributed by atoms with Crippen LogP contribution in [-0.4, -0.2) is 37.0 Å². The number of rotatable bonds is 8. The molecule has 0 bridgehead atoms. The number of hydrogen-bond acceptors (Lipinski definition) is 5. The molecule has 7 nitrogen and oxygen atoms in total. The van der Waals surface area contributed by atoms with E-state index in [1.165, 1.54) is 6.92 Å². The first-order valence-corrected chi connectivity index (χ1v) is 9.58. The van der Waals surface area contributed by atoms with Gasteiger partial charge >= 0.3 is 5.97 Å². The molecule has 1 aliphatic heterocycles. The quantitative estimate of drug-likeness (QED) is 0.668. The highest BCUT2D eigenvalue weighted by Gasteiger charge is 2.19. The molecule has 0 spiro atoms. The summed E-state index contributed by atoms with van der Waals surface area (Å²) < 4.78 is 10.6. The second kappa shape index (κ2) is 9.73. The first-order chi connectivity index (χ1) is 14.0. The average Bonchev–Trinajstić information content (AvgIpc) is 2.72. The summed E-state index contributed by atoms with van der Waals surface area (Å²) in [4.78, 5) is 35.4. The number of hydrogen-bond donors (Lipinski definition) is 2. The van der Waals surface area contributed by atoms with E-state index >= 15 is 0 Å². The first kappa shape index (κ1) is 20.4. The van der Waals surface area contributed by atoms with E-state index in [1.54, 1.807) is 18.2 Å². The van der Waals surface area contributed by atoms with Gasteiger partial charge in [0.05, 0.1) is 0 Å². The Labute approximate surface area is 169 Å². The number of esters is 1. The number of ether oxygens (including phenoxy) is 2. The van der Waals surface area contributed by atoms with Crippen molar-refractivity contribution in [1.29, 1.82) is 0 Å². The highest BCUT2D eigenvalue weighted by atomic mass is 16.6. The van der Waals surface area contributed by atoms with E-state index < -0.39 is 12.1 Å². The van der Waals surface area contributed by atoms with Gasteiger partial charge < -0.3 is 20.1 Å². The lowest BCUT2D eigenvalue weighted by molar-refractivity contribution is -0.156. The van der Waals surface area contributed by atoms with Crippen LogP contribution in [0.15, 0.2) is 48.5 Å². The van der Waals surface area contributed by atoms with Crippen molar-refractivity contribution < 1.29 is 23.9 Å².